The molecule has 0 aliphatic rings. The summed E-state index contributed by atoms with van der Waals surface area (Å²) in [4.78, 5) is 12.2. The van der Waals surface area contributed by atoms with Crippen molar-refractivity contribution in [3.05, 3.63) is 34.7 Å². The van der Waals surface area contributed by atoms with Gasteiger partial charge in [-0.2, -0.15) is 0 Å². The largest absolute Gasteiger partial charge is 0.497 e. The molecule has 0 aliphatic carbocycles. The van der Waals surface area contributed by atoms with Gasteiger partial charge in [0, 0.05) is 6.07 Å². The number of carbonyl (C=O) groups excluding carboxylic acids is 1. The van der Waals surface area contributed by atoms with E-state index in [2.05, 4.69) is 4.72 Å². The maximum atomic E-state index is 12.7. The minimum Gasteiger partial charge on any atom is -0.497 e. The fraction of sp³-hybridized carbons (Fsp3) is 0.312. The number of ether oxygens (including phenoxy) is 3. The Hall–Kier alpha value is -2.26. The Morgan fingerprint density at radius 1 is 1.20 bits per heavy atom. The van der Waals surface area contributed by atoms with Crippen LogP contribution in [0.1, 0.15) is 22.2 Å². The van der Waals surface area contributed by atoms with Gasteiger partial charge in [0.1, 0.15) is 26.3 Å². The molecular formula is C16H19NO6S2. The summed E-state index contributed by atoms with van der Waals surface area (Å²) in [6, 6.07) is 6.07. The van der Waals surface area contributed by atoms with Crippen molar-refractivity contribution in [2.24, 2.45) is 0 Å². The van der Waals surface area contributed by atoms with Crippen LogP contribution in [0.2, 0.25) is 0 Å². The molecule has 7 nitrogen and oxygen atoms in total. The summed E-state index contributed by atoms with van der Waals surface area (Å²) in [5.41, 5.74) is 0.638. The number of sulfonamides is 1. The summed E-state index contributed by atoms with van der Waals surface area (Å²) in [5.74, 6) is 0.0948. The molecule has 0 saturated heterocycles. The van der Waals surface area contributed by atoms with Crippen molar-refractivity contribution in [1.29, 1.82) is 0 Å². The molecule has 0 amide bonds. The highest BCUT2D eigenvalue weighted by Crippen LogP contribution is 2.33. The Kier molecular flexibility index (Phi) is 5.91. The third-order valence-corrected chi connectivity index (χ3v) is 5.92. The Bertz CT molecular complexity index is 873. The van der Waals surface area contributed by atoms with Crippen LogP contribution >= 0.6 is 11.3 Å². The van der Waals surface area contributed by atoms with E-state index in [1.807, 2.05) is 0 Å². The minimum atomic E-state index is -3.93. The molecule has 0 fully saturated rings. The minimum absolute atomic E-state index is 0.0573. The summed E-state index contributed by atoms with van der Waals surface area (Å²) < 4.78 is 43.0. The van der Waals surface area contributed by atoms with Crippen LogP contribution in [0, 0.1) is 6.92 Å². The lowest BCUT2D eigenvalue weighted by Crippen LogP contribution is -2.13. The first-order chi connectivity index (χ1) is 11.8. The van der Waals surface area contributed by atoms with Crippen LogP contribution in [-0.2, 0) is 14.8 Å². The topological polar surface area (TPSA) is 90.9 Å². The standard InChI is InChI=1S/C16H19NO6S2/c1-5-23-16(18)15-10(2)8-14(24-15)17-25(19,20)13-9-11(21-3)6-7-12(13)22-4/h6-9,17H,5H2,1-4H3. The van der Waals surface area contributed by atoms with Crippen LogP contribution < -0.4 is 14.2 Å². The normalized spacial score (nSPS) is 11.0. The maximum absolute atomic E-state index is 12.7. The smallest absolute Gasteiger partial charge is 0.348 e. The van der Waals surface area contributed by atoms with Crippen LogP contribution in [0.25, 0.3) is 0 Å². The van der Waals surface area contributed by atoms with E-state index < -0.39 is 16.0 Å². The first kappa shape index (κ1) is 19.1. The van der Waals surface area contributed by atoms with Crippen LogP contribution in [-0.4, -0.2) is 35.2 Å². The molecule has 1 N–H and O–H groups in total. The van der Waals surface area contributed by atoms with Crippen molar-refractivity contribution in [1.82, 2.24) is 0 Å². The van der Waals surface area contributed by atoms with Crippen molar-refractivity contribution in [3.8, 4) is 11.5 Å². The monoisotopic (exact) mass is 385 g/mol. The molecule has 0 atom stereocenters. The lowest BCUT2D eigenvalue weighted by atomic mass is 10.3. The van der Waals surface area contributed by atoms with Gasteiger partial charge in [0.15, 0.2) is 0 Å². The predicted molar refractivity (Wildman–Crippen MR) is 95.4 cm³/mol. The number of esters is 1. The molecule has 136 valence electrons. The van der Waals surface area contributed by atoms with Gasteiger partial charge in [0.2, 0.25) is 0 Å². The number of methoxy groups -OCH3 is 2. The molecular weight excluding hydrogens is 366 g/mol. The molecule has 0 saturated carbocycles. The van der Waals surface area contributed by atoms with Crippen LogP contribution in [0.15, 0.2) is 29.2 Å². The molecule has 0 aliphatic heterocycles. The number of anilines is 1. The third-order valence-electron chi connectivity index (χ3n) is 3.27. The number of nitrogens with one attached hydrogen (secondary N) is 1. The number of hydrogen-bond donors (Lipinski definition) is 1. The number of carbonyl (C=O) groups is 1. The fourth-order valence-corrected chi connectivity index (χ4v) is 4.55. The van der Waals surface area contributed by atoms with Crippen molar-refractivity contribution < 1.29 is 27.4 Å². The number of thiophene rings is 1. The van der Waals surface area contributed by atoms with Gasteiger partial charge in [0.25, 0.3) is 10.0 Å². The van der Waals surface area contributed by atoms with E-state index in [1.165, 1.54) is 26.4 Å². The van der Waals surface area contributed by atoms with E-state index in [0.717, 1.165) is 11.3 Å². The number of hydrogen-bond acceptors (Lipinski definition) is 7. The fourth-order valence-electron chi connectivity index (χ4n) is 2.11. The summed E-state index contributed by atoms with van der Waals surface area (Å²) in [6.07, 6.45) is 0. The zero-order valence-corrected chi connectivity index (χ0v) is 15.9. The van der Waals surface area contributed by atoms with E-state index in [1.54, 1.807) is 26.0 Å². The van der Waals surface area contributed by atoms with Gasteiger partial charge in [0.05, 0.1) is 20.8 Å². The first-order valence-corrected chi connectivity index (χ1v) is 9.64. The molecule has 1 aromatic carbocycles. The van der Waals surface area contributed by atoms with Crippen LogP contribution in [0.3, 0.4) is 0 Å². The van der Waals surface area contributed by atoms with Gasteiger partial charge in [-0.25, -0.2) is 13.2 Å². The van der Waals surface area contributed by atoms with Crippen LogP contribution in [0.4, 0.5) is 5.00 Å². The van der Waals surface area contributed by atoms with Gasteiger partial charge < -0.3 is 14.2 Å². The van der Waals surface area contributed by atoms with Crippen LogP contribution in [0.5, 0.6) is 11.5 Å². The second-order valence-electron chi connectivity index (χ2n) is 4.97. The Balaban J connectivity index is 2.37. The first-order valence-electron chi connectivity index (χ1n) is 7.34. The van der Waals surface area contributed by atoms with Gasteiger partial charge in [-0.05, 0) is 37.6 Å². The summed E-state index contributed by atoms with van der Waals surface area (Å²) >= 11 is 1.02. The quantitative estimate of drug-likeness (QED) is 0.737. The predicted octanol–water partition coefficient (Wildman–Crippen LogP) is 3.05. The summed E-state index contributed by atoms with van der Waals surface area (Å²) in [7, 11) is -1.10. The highest BCUT2D eigenvalue weighted by molar-refractivity contribution is 7.93. The summed E-state index contributed by atoms with van der Waals surface area (Å²) in [5, 5.41) is 0.311. The molecule has 2 aromatic rings. The van der Waals surface area contributed by atoms with Gasteiger partial charge in [-0.3, -0.25) is 4.72 Å². The van der Waals surface area contributed by atoms with Crippen molar-refractivity contribution in [2.45, 2.75) is 18.7 Å². The van der Waals surface area contributed by atoms with E-state index in [0.29, 0.717) is 21.2 Å². The molecule has 2 rings (SSSR count). The Labute approximate surface area is 150 Å². The molecule has 1 aromatic heterocycles. The van der Waals surface area contributed by atoms with Crippen molar-refractivity contribution in [3.63, 3.8) is 0 Å². The number of aryl methyl sites for hydroxylation is 1. The molecule has 0 spiro atoms. The van der Waals surface area contributed by atoms with Gasteiger partial charge >= 0.3 is 5.97 Å². The average molecular weight is 385 g/mol. The number of benzene rings is 1. The lowest BCUT2D eigenvalue weighted by molar-refractivity contribution is 0.0531. The maximum Gasteiger partial charge on any atom is 0.348 e. The Morgan fingerprint density at radius 2 is 1.92 bits per heavy atom. The molecule has 0 radical (unpaired) electrons. The highest BCUT2D eigenvalue weighted by Gasteiger charge is 2.23. The van der Waals surface area contributed by atoms with E-state index >= 15 is 0 Å². The molecule has 25 heavy (non-hydrogen) atoms. The Morgan fingerprint density at radius 3 is 2.52 bits per heavy atom. The molecule has 9 heteroatoms. The van der Waals surface area contributed by atoms with Crippen molar-refractivity contribution >= 4 is 32.3 Å². The van der Waals surface area contributed by atoms with E-state index in [4.69, 9.17) is 14.2 Å². The van der Waals surface area contributed by atoms with Gasteiger partial charge in [-0.1, -0.05) is 0 Å². The zero-order valence-electron chi connectivity index (χ0n) is 14.3. The van der Waals surface area contributed by atoms with E-state index in [-0.39, 0.29) is 17.3 Å². The van der Waals surface area contributed by atoms with E-state index in [9.17, 15) is 13.2 Å². The molecule has 1 heterocycles. The lowest BCUT2D eigenvalue weighted by Gasteiger charge is -2.11. The van der Waals surface area contributed by atoms with Gasteiger partial charge in [-0.15, -0.1) is 11.3 Å². The summed E-state index contributed by atoms with van der Waals surface area (Å²) in [6.45, 7) is 3.67. The average Bonchev–Trinajstić information content (AvgIpc) is 2.94. The second-order valence-corrected chi connectivity index (χ2v) is 7.67. The molecule has 0 unspecified atom stereocenters. The zero-order chi connectivity index (χ0) is 18.6. The second kappa shape index (κ2) is 7.75. The highest BCUT2D eigenvalue weighted by atomic mass is 32.2. The third kappa shape index (κ3) is 4.23. The van der Waals surface area contributed by atoms with Crippen molar-refractivity contribution in [2.75, 3.05) is 25.5 Å². The number of rotatable bonds is 7. The molecule has 0 bridgehead atoms. The SMILES string of the molecule is CCOC(=O)c1sc(NS(=O)(=O)c2cc(OC)ccc2OC)cc1C.